The molecule has 0 radical (unpaired) electrons. The highest BCUT2D eigenvalue weighted by molar-refractivity contribution is 6.48. The SMILES string of the molecule is CC(=O)c1ccc(/C=C/C(c2cc(Cl)c(Cl)c(Cl)c2)C(C)(F)F)cc1C(F)(F)F. The molecule has 29 heavy (non-hydrogen) atoms. The molecule has 0 saturated heterocycles. The Kier molecular flexibility index (Phi) is 7.03. The number of hydrogen-bond acceptors (Lipinski definition) is 1. The number of carbonyl (C=O) groups excluding carboxylic acids is 1. The van der Waals surface area contributed by atoms with E-state index in [0.29, 0.717) is 6.92 Å². The zero-order chi connectivity index (χ0) is 22.1. The Labute approximate surface area is 179 Å². The summed E-state index contributed by atoms with van der Waals surface area (Å²) in [5.74, 6) is -5.56. The molecule has 0 heterocycles. The van der Waals surface area contributed by atoms with E-state index in [4.69, 9.17) is 34.8 Å². The molecule has 0 aliphatic heterocycles. The average Bonchev–Trinajstić information content (AvgIpc) is 2.57. The van der Waals surface area contributed by atoms with Crippen LogP contribution in [-0.2, 0) is 6.18 Å². The van der Waals surface area contributed by atoms with E-state index in [1.165, 1.54) is 18.2 Å². The summed E-state index contributed by atoms with van der Waals surface area (Å²) in [6.07, 6.45) is -2.59. The first-order chi connectivity index (χ1) is 13.2. The molecule has 1 nitrogen and oxygen atoms in total. The number of benzene rings is 2. The van der Waals surface area contributed by atoms with Crippen LogP contribution in [0.5, 0.6) is 0 Å². The Morgan fingerprint density at radius 1 is 1.00 bits per heavy atom. The maximum atomic E-state index is 14.2. The van der Waals surface area contributed by atoms with Gasteiger partial charge in [-0.25, -0.2) is 8.78 Å². The monoisotopic (exact) mass is 470 g/mol. The number of Topliss-reactive ketones (excluding diaryl/α,β-unsaturated/α-hetero) is 1. The fourth-order valence-corrected chi connectivity index (χ4v) is 3.35. The first-order valence-electron chi connectivity index (χ1n) is 8.14. The van der Waals surface area contributed by atoms with Gasteiger partial charge in [-0.15, -0.1) is 0 Å². The van der Waals surface area contributed by atoms with Crippen molar-refractivity contribution in [3.63, 3.8) is 0 Å². The van der Waals surface area contributed by atoms with Crippen molar-refractivity contribution in [2.45, 2.75) is 31.9 Å². The topological polar surface area (TPSA) is 17.1 Å². The predicted molar refractivity (Wildman–Crippen MR) is 105 cm³/mol. The van der Waals surface area contributed by atoms with Gasteiger partial charge in [0.05, 0.1) is 26.5 Å². The molecule has 156 valence electrons. The van der Waals surface area contributed by atoms with Gasteiger partial charge in [0.1, 0.15) is 0 Å². The smallest absolute Gasteiger partial charge is 0.294 e. The Bertz CT molecular complexity index is 939. The van der Waals surface area contributed by atoms with Gasteiger partial charge in [-0.1, -0.05) is 59.1 Å². The molecule has 0 amide bonds. The minimum Gasteiger partial charge on any atom is -0.294 e. The van der Waals surface area contributed by atoms with Crippen molar-refractivity contribution < 1.29 is 26.7 Å². The number of ketones is 1. The van der Waals surface area contributed by atoms with Crippen molar-refractivity contribution in [3.8, 4) is 0 Å². The number of halogens is 8. The molecule has 0 aromatic heterocycles. The number of carbonyl (C=O) groups is 1. The fraction of sp³-hybridized carbons (Fsp3) is 0.250. The fourth-order valence-electron chi connectivity index (χ4n) is 2.74. The lowest BCUT2D eigenvalue weighted by atomic mass is 9.92. The summed E-state index contributed by atoms with van der Waals surface area (Å²) in [4.78, 5) is 11.4. The zero-order valence-corrected chi connectivity index (χ0v) is 17.3. The number of rotatable bonds is 5. The lowest BCUT2D eigenvalue weighted by molar-refractivity contribution is -0.137. The van der Waals surface area contributed by atoms with Crippen LogP contribution in [0.3, 0.4) is 0 Å². The van der Waals surface area contributed by atoms with E-state index in [-0.39, 0.29) is 26.2 Å². The van der Waals surface area contributed by atoms with Crippen molar-refractivity contribution in [2.75, 3.05) is 0 Å². The molecule has 0 fully saturated rings. The van der Waals surface area contributed by atoms with Gasteiger partial charge in [0.2, 0.25) is 0 Å². The number of hydrogen-bond donors (Lipinski definition) is 0. The van der Waals surface area contributed by atoms with E-state index < -0.39 is 34.9 Å². The van der Waals surface area contributed by atoms with Gasteiger partial charge in [0, 0.05) is 12.5 Å². The quantitative estimate of drug-likeness (QED) is 0.243. The molecule has 0 spiro atoms. The summed E-state index contributed by atoms with van der Waals surface area (Å²) in [5.41, 5.74) is -1.58. The van der Waals surface area contributed by atoms with Gasteiger partial charge in [-0.05, 0) is 36.2 Å². The molecule has 0 aliphatic carbocycles. The largest absolute Gasteiger partial charge is 0.417 e. The van der Waals surface area contributed by atoms with Crippen LogP contribution < -0.4 is 0 Å². The van der Waals surface area contributed by atoms with E-state index in [9.17, 15) is 26.7 Å². The molecule has 1 atom stereocenters. The molecule has 2 aromatic rings. The minimum absolute atomic E-state index is 0.00253. The van der Waals surface area contributed by atoms with Crippen LogP contribution in [0.25, 0.3) is 6.08 Å². The second kappa shape index (κ2) is 8.62. The van der Waals surface area contributed by atoms with Crippen molar-refractivity contribution >= 4 is 46.7 Å². The first kappa shape index (κ1) is 23.6. The Balaban J connectivity index is 2.52. The molecular weight excluding hydrogens is 458 g/mol. The van der Waals surface area contributed by atoms with E-state index in [1.54, 1.807) is 0 Å². The molecular formula is C20H14Cl3F5O. The second-order valence-electron chi connectivity index (χ2n) is 6.45. The molecule has 1 unspecified atom stereocenters. The van der Waals surface area contributed by atoms with Crippen LogP contribution in [0, 0.1) is 0 Å². The molecule has 2 rings (SSSR count). The zero-order valence-electron chi connectivity index (χ0n) is 15.1. The van der Waals surface area contributed by atoms with Crippen molar-refractivity contribution in [1.82, 2.24) is 0 Å². The van der Waals surface area contributed by atoms with Crippen LogP contribution >= 0.6 is 34.8 Å². The molecule has 2 aromatic carbocycles. The van der Waals surface area contributed by atoms with Gasteiger partial charge in [0.25, 0.3) is 5.92 Å². The average molecular weight is 472 g/mol. The van der Waals surface area contributed by atoms with Crippen molar-refractivity contribution in [3.05, 3.63) is 73.7 Å². The van der Waals surface area contributed by atoms with Crippen LogP contribution in [0.15, 0.2) is 36.4 Å². The Morgan fingerprint density at radius 3 is 2.00 bits per heavy atom. The van der Waals surface area contributed by atoms with Gasteiger partial charge in [0.15, 0.2) is 5.78 Å². The predicted octanol–water partition coefficient (Wildman–Crippen LogP) is 8.32. The Morgan fingerprint density at radius 2 is 1.55 bits per heavy atom. The summed E-state index contributed by atoms with van der Waals surface area (Å²) in [7, 11) is 0. The first-order valence-corrected chi connectivity index (χ1v) is 9.28. The van der Waals surface area contributed by atoms with E-state index in [1.807, 2.05) is 0 Å². The van der Waals surface area contributed by atoms with Crippen molar-refractivity contribution in [1.29, 1.82) is 0 Å². The third-order valence-corrected chi connectivity index (χ3v) is 5.32. The molecule has 0 N–H and O–H groups in total. The maximum absolute atomic E-state index is 14.2. The third kappa shape index (κ3) is 5.71. The lowest BCUT2D eigenvalue weighted by Gasteiger charge is -2.22. The van der Waals surface area contributed by atoms with E-state index in [0.717, 1.165) is 31.2 Å². The van der Waals surface area contributed by atoms with Crippen LogP contribution in [0.4, 0.5) is 22.0 Å². The highest BCUT2D eigenvalue weighted by Gasteiger charge is 2.36. The number of alkyl halides is 5. The highest BCUT2D eigenvalue weighted by Crippen LogP contribution is 2.40. The molecule has 0 aliphatic rings. The lowest BCUT2D eigenvalue weighted by Crippen LogP contribution is -2.20. The van der Waals surface area contributed by atoms with Gasteiger partial charge in [-0.2, -0.15) is 13.2 Å². The summed E-state index contributed by atoms with van der Waals surface area (Å²) >= 11 is 17.7. The van der Waals surface area contributed by atoms with E-state index >= 15 is 0 Å². The summed E-state index contributed by atoms with van der Waals surface area (Å²) in [6.45, 7) is 1.68. The summed E-state index contributed by atoms with van der Waals surface area (Å²) < 4.78 is 68.1. The number of allylic oxidation sites excluding steroid dienone is 1. The van der Waals surface area contributed by atoms with Gasteiger partial charge < -0.3 is 0 Å². The highest BCUT2D eigenvalue weighted by atomic mass is 35.5. The molecule has 0 saturated carbocycles. The minimum atomic E-state index is -4.77. The van der Waals surface area contributed by atoms with Crippen molar-refractivity contribution in [2.24, 2.45) is 0 Å². The van der Waals surface area contributed by atoms with E-state index in [2.05, 4.69) is 0 Å². The van der Waals surface area contributed by atoms with Gasteiger partial charge >= 0.3 is 6.18 Å². The summed E-state index contributed by atoms with van der Waals surface area (Å²) in [6, 6.07) is 5.44. The summed E-state index contributed by atoms with van der Waals surface area (Å²) in [5, 5.41) is -0.0437. The standard InChI is InChI=1S/C20H14Cl3F5O/c1-10(29)13-5-3-11(7-15(13)20(26,27)28)4-6-14(19(2,24)25)12-8-16(21)18(23)17(22)9-12/h3-9,14H,1-2H3/b6-4+. The van der Waals surface area contributed by atoms with Crippen LogP contribution in [-0.4, -0.2) is 11.7 Å². The van der Waals surface area contributed by atoms with Crippen LogP contribution in [0.1, 0.15) is 46.8 Å². The molecule has 0 bridgehead atoms. The normalized spacial score (nSPS) is 13.7. The Hall–Kier alpha value is -1.63. The molecule has 9 heteroatoms. The van der Waals surface area contributed by atoms with Crippen LogP contribution in [0.2, 0.25) is 15.1 Å². The second-order valence-corrected chi connectivity index (χ2v) is 7.64. The third-order valence-electron chi connectivity index (χ3n) is 4.12. The van der Waals surface area contributed by atoms with Gasteiger partial charge in [-0.3, -0.25) is 4.79 Å². The maximum Gasteiger partial charge on any atom is 0.417 e.